The summed E-state index contributed by atoms with van der Waals surface area (Å²) in [6.45, 7) is 5.53. The normalized spacial score (nSPS) is 10.7. The number of benzene rings is 2. The number of aryl methyl sites for hydroxylation is 1. The van der Waals surface area contributed by atoms with E-state index in [0.29, 0.717) is 17.0 Å². The summed E-state index contributed by atoms with van der Waals surface area (Å²) in [4.78, 5) is 0.229. The summed E-state index contributed by atoms with van der Waals surface area (Å²) < 4.78 is 31.8. The SMILES string of the molecule is C=C=C(c1ccc(OC)cc1)N(C)S(=O)(=O)c1ccc(C)cc1. The Morgan fingerprint density at radius 1 is 1.09 bits per heavy atom. The molecule has 0 N–H and O–H groups in total. The second kappa shape index (κ2) is 6.73. The monoisotopic (exact) mass is 329 g/mol. The van der Waals surface area contributed by atoms with Gasteiger partial charge >= 0.3 is 0 Å². The van der Waals surface area contributed by atoms with Gasteiger partial charge in [0.1, 0.15) is 11.4 Å². The summed E-state index contributed by atoms with van der Waals surface area (Å²) >= 11 is 0. The van der Waals surface area contributed by atoms with Gasteiger partial charge in [0.2, 0.25) is 0 Å². The van der Waals surface area contributed by atoms with Gasteiger partial charge in [-0.3, -0.25) is 4.31 Å². The summed E-state index contributed by atoms with van der Waals surface area (Å²) in [5.41, 5.74) is 4.79. The molecule has 120 valence electrons. The zero-order valence-electron chi connectivity index (χ0n) is 13.4. The lowest BCUT2D eigenvalue weighted by molar-refractivity contribution is 0.414. The Kier molecular flexibility index (Phi) is 4.94. The molecule has 23 heavy (non-hydrogen) atoms. The van der Waals surface area contributed by atoms with Crippen LogP contribution in [-0.4, -0.2) is 26.9 Å². The predicted molar refractivity (Wildman–Crippen MR) is 91.7 cm³/mol. The number of ether oxygens (including phenoxy) is 1. The molecule has 0 aromatic heterocycles. The van der Waals surface area contributed by atoms with Crippen LogP contribution < -0.4 is 4.74 Å². The minimum Gasteiger partial charge on any atom is -0.497 e. The zero-order chi connectivity index (χ0) is 17.0. The Bertz CT molecular complexity index is 831. The van der Waals surface area contributed by atoms with Gasteiger partial charge in [-0.2, -0.15) is 0 Å². The minimum atomic E-state index is -3.67. The highest BCUT2D eigenvalue weighted by atomic mass is 32.2. The molecule has 0 fully saturated rings. The molecule has 4 nitrogen and oxygen atoms in total. The van der Waals surface area contributed by atoms with Crippen molar-refractivity contribution in [2.75, 3.05) is 14.2 Å². The van der Waals surface area contributed by atoms with Crippen LogP contribution in [0.5, 0.6) is 5.75 Å². The number of hydrogen-bond donors (Lipinski definition) is 0. The lowest BCUT2D eigenvalue weighted by Crippen LogP contribution is -2.25. The average molecular weight is 329 g/mol. The largest absolute Gasteiger partial charge is 0.497 e. The van der Waals surface area contributed by atoms with Gasteiger partial charge in [-0.15, -0.1) is 5.73 Å². The molecular formula is C18H19NO3S. The van der Waals surface area contributed by atoms with E-state index >= 15 is 0 Å². The highest BCUT2D eigenvalue weighted by Gasteiger charge is 2.23. The van der Waals surface area contributed by atoms with Crippen molar-refractivity contribution < 1.29 is 13.2 Å². The van der Waals surface area contributed by atoms with Crippen molar-refractivity contribution in [1.29, 1.82) is 0 Å². The lowest BCUT2D eigenvalue weighted by Gasteiger charge is -2.21. The molecule has 5 heteroatoms. The van der Waals surface area contributed by atoms with Crippen LogP contribution in [0.4, 0.5) is 0 Å². The first-order chi connectivity index (χ1) is 10.9. The molecule has 0 bridgehead atoms. The minimum absolute atomic E-state index is 0.229. The van der Waals surface area contributed by atoms with Gasteiger partial charge in [-0.25, -0.2) is 8.42 Å². The Morgan fingerprint density at radius 3 is 2.13 bits per heavy atom. The van der Waals surface area contributed by atoms with Crippen molar-refractivity contribution in [2.45, 2.75) is 11.8 Å². The van der Waals surface area contributed by atoms with Crippen LogP contribution in [0, 0.1) is 6.92 Å². The molecule has 2 aromatic carbocycles. The highest BCUT2D eigenvalue weighted by Crippen LogP contribution is 2.26. The molecule has 0 heterocycles. The van der Waals surface area contributed by atoms with Crippen LogP contribution in [0.25, 0.3) is 5.70 Å². The second-order valence-corrected chi connectivity index (χ2v) is 7.01. The van der Waals surface area contributed by atoms with Crippen molar-refractivity contribution in [3.63, 3.8) is 0 Å². The van der Waals surface area contributed by atoms with Crippen LogP contribution in [0.2, 0.25) is 0 Å². The number of sulfonamides is 1. The average Bonchev–Trinajstić information content (AvgIpc) is 2.56. The highest BCUT2D eigenvalue weighted by molar-refractivity contribution is 7.89. The van der Waals surface area contributed by atoms with Gasteiger partial charge in [0, 0.05) is 12.6 Å². The zero-order valence-corrected chi connectivity index (χ0v) is 14.2. The number of hydrogen-bond acceptors (Lipinski definition) is 3. The second-order valence-electron chi connectivity index (χ2n) is 5.04. The van der Waals surface area contributed by atoms with Gasteiger partial charge in [0.15, 0.2) is 0 Å². The molecule has 0 spiro atoms. The third-order valence-corrected chi connectivity index (χ3v) is 5.30. The molecule has 0 saturated carbocycles. The van der Waals surface area contributed by atoms with Gasteiger partial charge < -0.3 is 4.74 Å². The predicted octanol–water partition coefficient (Wildman–Crippen LogP) is 3.45. The van der Waals surface area contributed by atoms with E-state index < -0.39 is 10.0 Å². The third kappa shape index (κ3) is 3.47. The van der Waals surface area contributed by atoms with E-state index in [9.17, 15) is 8.42 Å². The molecule has 2 aromatic rings. The summed E-state index contributed by atoms with van der Waals surface area (Å²) in [5, 5.41) is 0. The topological polar surface area (TPSA) is 46.6 Å². The maximum absolute atomic E-state index is 12.8. The number of rotatable bonds is 5. The summed E-state index contributed by atoms with van der Waals surface area (Å²) in [6, 6.07) is 13.8. The van der Waals surface area contributed by atoms with Crippen molar-refractivity contribution in [1.82, 2.24) is 4.31 Å². The number of methoxy groups -OCH3 is 1. The molecule has 0 radical (unpaired) electrons. The van der Waals surface area contributed by atoms with E-state index in [1.165, 1.54) is 11.4 Å². The molecule has 0 aliphatic rings. The fourth-order valence-electron chi connectivity index (χ4n) is 2.13. The molecular weight excluding hydrogens is 310 g/mol. The quantitative estimate of drug-likeness (QED) is 0.789. The first-order valence-corrected chi connectivity index (χ1v) is 8.44. The molecule has 0 atom stereocenters. The Labute approximate surface area is 137 Å². The van der Waals surface area contributed by atoms with E-state index in [1.807, 2.05) is 6.92 Å². The summed E-state index contributed by atoms with van der Waals surface area (Å²) in [6.07, 6.45) is 0. The van der Waals surface area contributed by atoms with E-state index in [4.69, 9.17) is 4.74 Å². The van der Waals surface area contributed by atoms with E-state index in [2.05, 4.69) is 12.3 Å². The number of nitrogens with zero attached hydrogens (tertiary/aromatic N) is 1. The van der Waals surface area contributed by atoms with Gasteiger partial charge in [-0.1, -0.05) is 24.3 Å². The molecule has 2 rings (SSSR count). The molecule has 0 aliphatic carbocycles. The fraction of sp³-hybridized carbons (Fsp3) is 0.167. The Balaban J connectivity index is 2.41. The van der Waals surface area contributed by atoms with Crippen molar-refractivity contribution in [3.8, 4) is 5.75 Å². The standard InChI is InChI=1S/C18H19NO3S/c1-5-18(15-8-10-16(22-4)11-9-15)19(3)23(20,21)17-12-6-14(2)7-13-17/h6-13H,1H2,2-4H3. The Hall–Kier alpha value is -2.49. The lowest BCUT2D eigenvalue weighted by atomic mass is 10.1. The molecule has 0 saturated heterocycles. The first-order valence-electron chi connectivity index (χ1n) is 7.00. The fourth-order valence-corrected chi connectivity index (χ4v) is 3.34. The maximum atomic E-state index is 12.8. The molecule has 0 aliphatic heterocycles. The van der Waals surface area contributed by atoms with Crippen molar-refractivity contribution in [2.24, 2.45) is 0 Å². The smallest absolute Gasteiger partial charge is 0.264 e. The summed E-state index contributed by atoms with van der Waals surface area (Å²) in [5.74, 6) is 0.696. The van der Waals surface area contributed by atoms with Crippen LogP contribution in [0.3, 0.4) is 0 Å². The van der Waals surface area contributed by atoms with Crippen LogP contribution in [0.15, 0.2) is 65.7 Å². The van der Waals surface area contributed by atoms with Gasteiger partial charge in [-0.05, 0) is 43.3 Å². The molecule has 0 unspecified atom stereocenters. The van der Waals surface area contributed by atoms with Crippen LogP contribution in [0.1, 0.15) is 11.1 Å². The van der Waals surface area contributed by atoms with Crippen LogP contribution >= 0.6 is 0 Å². The van der Waals surface area contributed by atoms with E-state index in [-0.39, 0.29) is 4.90 Å². The summed E-state index contributed by atoms with van der Waals surface area (Å²) in [7, 11) is -0.599. The Morgan fingerprint density at radius 2 is 1.65 bits per heavy atom. The van der Waals surface area contributed by atoms with E-state index in [0.717, 1.165) is 5.56 Å². The first kappa shape index (κ1) is 16.9. The maximum Gasteiger partial charge on any atom is 0.264 e. The van der Waals surface area contributed by atoms with Crippen molar-refractivity contribution >= 4 is 15.7 Å². The van der Waals surface area contributed by atoms with E-state index in [1.54, 1.807) is 55.6 Å². The van der Waals surface area contributed by atoms with Gasteiger partial charge in [0.05, 0.1) is 12.0 Å². The van der Waals surface area contributed by atoms with Crippen LogP contribution in [-0.2, 0) is 10.0 Å². The third-order valence-electron chi connectivity index (χ3n) is 3.53. The van der Waals surface area contributed by atoms with Gasteiger partial charge in [0.25, 0.3) is 10.0 Å². The molecule has 0 amide bonds. The van der Waals surface area contributed by atoms with Crippen molar-refractivity contribution in [3.05, 3.63) is 72.0 Å².